The number of halogens is 1. The van der Waals surface area contributed by atoms with Crippen LogP contribution >= 0.6 is 11.6 Å². The Hall–Kier alpha value is -3.45. The number of rotatable bonds is 7. The van der Waals surface area contributed by atoms with E-state index in [0.29, 0.717) is 16.3 Å². The van der Waals surface area contributed by atoms with E-state index < -0.39 is 10.0 Å². The molecule has 2 N–H and O–H groups in total. The molecule has 5 nitrogen and oxygen atoms in total. The summed E-state index contributed by atoms with van der Waals surface area (Å²) >= 11 is 5.87. The molecule has 166 valence electrons. The van der Waals surface area contributed by atoms with Crippen LogP contribution in [0, 0.1) is 0 Å². The normalized spacial score (nSPS) is 11.2. The van der Waals surface area contributed by atoms with E-state index in [0.717, 1.165) is 16.7 Å². The van der Waals surface area contributed by atoms with Crippen LogP contribution in [0.4, 0.5) is 5.69 Å². The maximum absolute atomic E-state index is 12.6. The van der Waals surface area contributed by atoms with Gasteiger partial charge in [-0.3, -0.25) is 4.79 Å². The third-order valence-electron chi connectivity index (χ3n) is 5.06. The maximum atomic E-state index is 12.6. The van der Waals surface area contributed by atoms with Crippen molar-refractivity contribution in [2.24, 2.45) is 0 Å². The Morgan fingerprint density at radius 2 is 1.30 bits per heavy atom. The van der Waals surface area contributed by atoms with Crippen LogP contribution in [0.5, 0.6) is 0 Å². The largest absolute Gasteiger partial charge is 0.322 e. The van der Waals surface area contributed by atoms with Gasteiger partial charge < -0.3 is 5.32 Å². The number of carbonyl (C=O) groups is 1. The number of sulfonamides is 1. The summed E-state index contributed by atoms with van der Waals surface area (Å²) in [6.07, 6.45) is 0. The molecule has 0 atom stereocenters. The Labute approximate surface area is 198 Å². The molecule has 0 aromatic heterocycles. The number of hydrogen-bond acceptors (Lipinski definition) is 3. The van der Waals surface area contributed by atoms with Gasteiger partial charge >= 0.3 is 0 Å². The van der Waals surface area contributed by atoms with Crippen LogP contribution in [0.1, 0.15) is 15.9 Å². The van der Waals surface area contributed by atoms with E-state index in [-0.39, 0.29) is 17.3 Å². The second-order valence-corrected chi connectivity index (χ2v) is 9.58. The fourth-order valence-electron chi connectivity index (χ4n) is 3.23. The summed E-state index contributed by atoms with van der Waals surface area (Å²) in [7, 11) is -3.62. The average Bonchev–Trinajstić information content (AvgIpc) is 2.85. The van der Waals surface area contributed by atoms with Crippen LogP contribution in [-0.4, -0.2) is 14.3 Å². The number of benzene rings is 4. The smallest absolute Gasteiger partial charge is 0.255 e. The van der Waals surface area contributed by atoms with Crippen molar-refractivity contribution >= 4 is 33.2 Å². The Balaban J connectivity index is 1.42. The monoisotopic (exact) mass is 476 g/mol. The topological polar surface area (TPSA) is 75.3 Å². The van der Waals surface area contributed by atoms with Crippen molar-refractivity contribution in [1.29, 1.82) is 0 Å². The standard InChI is InChI=1S/C26H21ClN2O3S/c27-23-12-14-24(15-13-23)29-26(30)22-8-6-20(7-9-22)21-10-16-25(17-11-21)33(31,32)28-18-19-4-2-1-3-5-19/h1-17,28H,18H2,(H,29,30). The van der Waals surface area contributed by atoms with Crippen LogP contribution < -0.4 is 10.0 Å². The minimum absolute atomic E-state index is 0.196. The zero-order chi connectivity index (χ0) is 23.3. The maximum Gasteiger partial charge on any atom is 0.255 e. The Bertz CT molecular complexity index is 1340. The summed E-state index contributed by atoms with van der Waals surface area (Å²) in [5.74, 6) is -0.227. The third-order valence-corrected chi connectivity index (χ3v) is 6.73. The van der Waals surface area contributed by atoms with Crippen molar-refractivity contribution in [3.63, 3.8) is 0 Å². The van der Waals surface area contributed by atoms with E-state index in [1.54, 1.807) is 60.7 Å². The molecule has 0 fully saturated rings. The molecule has 0 aliphatic rings. The van der Waals surface area contributed by atoms with Gasteiger partial charge in [-0.25, -0.2) is 13.1 Å². The molecule has 0 unspecified atom stereocenters. The number of anilines is 1. The molecule has 4 aromatic carbocycles. The van der Waals surface area contributed by atoms with Gasteiger partial charge in [-0.2, -0.15) is 0 Å². The first-order valence-corrected chi connectivity index (χ1v) is 12.1. The average molecular weight is 477 g/mol. The van der Waals surface area contributed by atoms with Crippen LogP contribution in [0.3, 0.4) is 0 Å². The van der Waals surface area contributed by atoms with Gasteiger partial charge in [0.25, 0.3) is 5.91 Å². The second-order valence-electron chi connectivity index (χ2n) is 7.37. The minimum Gasteiger partial charge on any atom is -0.322 e. The first-order valence-electron chi connectivity index (χ1n) is 10.2. The van der Waals surface area contributed by atoms with E-state index in [4.69, 9.17) is 11.6 Å². The van der Waals surface area contributed by atoms with Crippen molar-refractivity contribution in [3.05, 3.63) is 119 Å². The molecule has 4 rings (SSSR count). The van der Waals surface area contributed by atoms with Gasteiger partial charge in [-0.15, -0.1) is 0 Å². The highest BCUT2D eigenvalue weighted by atomic mass is 35.5. The fraction of sp³-hybridized carbons (Fsp3) is 0.0385. The van der Waals surface area contributed by atoms with Gasteiger partial charge in [-0.05, 0) is 65.2 Å². The molecule has 0 spiro atoms. The van der Waals surface area contributed by atoms with Gasteiger partial charge in [-0.1, -0.05) is 66.2 Å². The summed E-state index contributed by atoms with van der Waals surface area (Å²) in [5.41, 5.74) is 3.78. The van der Waals surface area contributed by atoms with E-state index in [2.05, 4.69) is 10.0 Å². The lowest BCUT2D eigenvalue weighted by Gasteiger charge is -2.09. The van der Waals surface area contributed by atoms with Crippen molar-refractivity contribution in [3.8, 4) is 11.1 Å². The first-order chi connectivity index (χ1) is 15.9. The molecule has 0 aliphatic carbocycles. The highest BCUT2D eigenvalue weighted by Gasteiger charge is 2.14. The molecule has 7 heteroatoms. The molecule has 0 saturated carbocycles. The summed E-state index contributed by atoms with van der Waals surface area (Å²) in [6.45, 7) is 0.227. The quantitative estimate of drug-likeness (QED) is 0.357. The Morgan fingerprint density at radius 3 is 1.91 bits per heavy atom. The van der Waals surface area contributed by atoms with Crippen LogP contribution in [-0.2, 0) is 16.6 Å². The van der Waals surface area contributed by atoms with Gasteiger partial charge in [0.15, 0.2) is 0 Å². The number of amides is 1. The SMILES string of the molecule is O=C(Nc1ccc(Cl)cc1)c1ccc(-c2ccc(S(=O)(=O)NCc3ccccc3)cc2)cc1. The molecule has 0 bridgehead atoms. The molecule has 0 heterocycles. The molecule has 1 amide bonds. The highest BCUT2D eigenvalue weighted by Crippen LogP contribution is 2.23. The second kappa shape index (κ2) is 10.0. The van der Waals surface area contributed by atoms with Crippen LogP contribution in [0.2, 0.25) is 5.02 Å². The fourth-order valence-corrected chi connectivity index (χ4v) is 4.38. The predicted octanol–water partition coefficient (Wildman–Crippen LogP) is 5.74. The van der Waals surface area contributed by atoms with Gasteiger partial charge in [0.1, 0.15) is 0 Å². The summed E-state index contributed by atoms with van der Waals surface area (Å²) in [6, 6.07) is 30.0. The van der Waals surface area contributed by atoms with Crippen molar-refractivity contribution in [1.82, 2.24) is 4.72 Å². The summed E-state index contributed by atoms with van der Waals surface area (Å²) in [5, 5.41) is 3.42. The molecule has 0 saturated heterocycles. The van der Waals surface area contributed by atoms with E-state index in [9.17, 15) is 13.2 Å². The van der Waals surface area contributed by atoms with Gasteiger partial charge in [0.2, 0.25) is 10.0 Å². The van der Waals surface area contributed by atoms with E-state index >= 15 is 0 Å². The molecular weight excluding hydrogens is 456 g/mol. The molecule has 4 aromatic rings. The van der Waals surface area contributed by atoms with Crippen molar-refractivity contribution in [2.45, 2.75) is 11.4 Å². The Kier molecular flexibility index (Phi) is 6.89. The number of hydrogen-bond donors (Lipinski definition) is 2. The number of carbonyl (C=O) groups excluding carboxylic acids is 1. The van der Waals surface area contributed by atoms with Gasteiger partial charge in [0, 0.05) is 22.8 Å². The van der Waals surface area contributed by atoms with Crippen molar-refractivity contribution < 1.29 is 13.2 Å². The lowest BCUT2D eigenvalue weighted by molar-refractivity contribution is 0.102. The van der Waals surface area contributed by atoms with Crippen LogP contribution in [0.15, 0.2) is 108 Å². The zero-order valence-corrected chi connectivity index (χ0v) is 19.1. The summed E-state index contributed by atoms with van der Waals surface area (Å²) < 4.78 is 27.8. The van der Waals surface area contributed by atoms with E-state index in [1.165, 1.54) is 0 Å². The Morgan fingerprint density at radius 1 is 0.727 bits per heavy atom. The molecule has 33 heavy (non-hydrogen) atoms. The lowest BCUT2D eigenvalue weighted by atomic mass is 10.0. The van der Waals surface area contributed by atoms with Crippen LogP contribution in [0.25, 0.3) is 11.1 Å². The van der Waals surface area contributed by atoms with Gasteiger partial charge in [0.05, 0.1) is 4.90 Å². The van der Waals surface area contributed by atoms with E-state index in [1.807, 2.05) is 42.5 Å². The number of nitrogens with one attached hydrogen (secondary N) is 2. The minimum atomic E-state index is -3.62. The lowest BCUT2D eigenvalue weighted by Crippen LogP contribution is -2.23. The zero-order valence-electron chi connectivity index (χ0n) is 17.5. The predicted molar refractivity (Wildman–Crippen MR) is 132 cm³/mol. The molecular formula is C26H21ClN2O3S. The first kappa shape index (κ1) is 22.7. The highest BCUT2D eigenvalue weighted by molar-refractivity contribution is 7.89. The molecule has 0 radical (unpaired) electrons. The third kappa shape index (κ3) is 5.87. The molecule has 0 aliphatic heterocycles. The summed E-state index contributed by atoms with van der Waals surface area (Å²) in [4.78, 5) is 12.6. The van der Waals surface area contributed by atoms with Crippen molar-refractivity contribution in [2.75, 3.05) is 5.32 Å².